The lowest BCUT2D eigenvalue weighted by molar-refractivity contribution is -0.385. The fraction of sp³-hybridized carbons (Fsp3) is 0. The van der Waals surface area contributed by atoms with E-state index in [0.29, 0.717) is 5.69 Å². The monoisotopic (exact) mass is 521 g/mol. The van der Waals surface area contributed by atoms with Crippen LogP contribution in [0.2, 0.25) is 0 Å². The summed E-state index contributed by atoms with van der Waals surface area (Å²) in [5, 5.41) is 25.5. The van der Waals surface area contributed by atoms with Crippen LogP contribution in [0.5, 0.6) is 0 Å². The van der Waals surface area contributed by atoms with Gasteiger partial charge in [0, 0.05) is 15.3 Å². The molecule has 0 saturated heterocycles. The Morgan fingerprint density at radius 1 is 0.933 bits per heavy atom. The quantitative estimate of drug-likeness (QED) is 0.240. The highest BCUT2D eigenvalue weighted by molar-refractivity contribution is 14.1. The molecule has 1 heterocycles. The molecule has 30 heavy (non-hydrogen) atoms. The molecule has 13 heteroatoms. The molecule has 3 N–H and O–H groups in total. The molecule has 2 aromatic carbocycles. The summed E-state index contributed by atoms with van der Waals surface area (Å²) in [5.74, 6) is -1.25. The molecule has 0 fully saturated rings. The number of nitrogens with one attached hydrogen (secondary N) is 3. The van der Waals surface area contributed by atoms with E-state index >= 15 is 0 Å². The van der Waals surface area contributed by atoms with Crippen molar-refractivity contribution in [3.05, 3.63) is 84.2 Å². The maximum atomic E-state index is 12.3. The number of anilines is 3. The number of nitro benzene ring substituents is 1. The summed E-state index contributed by atoms with van der Waals surface area (Å²) in [6.45, 7) is 0. The van der Waals surface area contributed by atoms with E-state index in [4.69, 9.17) is 0 Å². The summed E-state index contributed by atoms with van der Waals surface area (Å²) in [7, 11) is 0. The number of para-hydroxylation sites is 1. The van der Waals surface area contributed by atoms with E-state index in [-0.39, 0.29) is 17.2 Å². The van der Waals surface area contributed by atoms with Crippen molar-refractivity contribution in [3.63, 3.8) is 0 Å². The van der Waals surface area contributed by atoms with E-state index in [1.807, 2.05) is 12.1 Å². The normalized spacial score (nSPS) is 10.2. The van der Waals surface area contributed by atoms with Gasteiger partial charge in [-0.2, -0.15) is 0 Å². The number of carbonyl (C=O) groups excluding carboxylic acids is 1. The Morgan fingerprint density at radius 2 is 1.60 bits per heavy atom. The van der Waals surface area contributed by atoms with Crippen LogP contribution in [0.4, 0.5) is 28.7 Å². The molecule has 0 aliphatic heterocycles. The van der Waals surface area contributed by atoms with E-state index in [1.165, 1.54) is 24.3 Å². The number of benzene rings is 2. The van der Waals surface area contributed by atoms with Crippen LogP contribution in [0.15, 0.2) is 54.9 Å². The predicted octanol–water partition coefficient (Wildman–Crippen LogP) is 3.40. The smallest absolute Gasteiger partial charge is 0.334 e. The zero-order valence-electron chi connectivity index (χ0n) is 14.9. The summed E-state index contributed by atoms with van der Waals surface area (Å²) in [4.78, 5) is 41.2. The number of rotatable bonds is 7. The molecule has 0 unspecified atom stereocenters. The van der Waals surface area contributed by atoms with Crippen LogP contribution in [0, 0.1) is 23.8 Å². The van der Waals surface area contributed by atoms with Crippen LogP contribution in [-0.4, -0.2) is 25.7 Å². The first-order valence-corrected chi connectivity index (χ1v) is 9.26. The van der Waals surface area contributed by atoms with Crippen molar-refractivity contribution < 1.29 is 14.6 Å². The molecule has 0 spiro atoms. The van der Waals surface area contributed by atoms with Gasteiger partial charge in [-0.3, -0.25) is 35.9 Å². The summed E-state index contributed by atoms with van der Waals surface area (Å²) < 4.78 is 0.982. The minimum absolute atomic E-state index is 0.0985. The molecule has 0 aliphatic carbocycles. The highest BCUT2D eigenvalue weighted by Gasteiger charge is 2.25. The maximum absolute atomic E-state index is 12.3. The number of nitrogens with zero attached hydrogens (tertiary/aromatic N) is 4. The van der Waals surface area contributed by atoms with Crippen LogP contribution in [0.25, 0.3) is 0 Å². The SMILES string of the molecule is O=C(NNc1ncnc(Nc2ccc(I)cc2)c1[N+](=O)[O-])c1ccccc1[N+](=O)[O-]. The lowest BCUT2D eigenvalue weighted by Gasteiger charge is -2.11. The minimum atomic E-state index is -0.859. The Morgan fingerprint density at radius 3 is 2.27 bits per heavy atom. The van der Waals surface area contributed by atoms with Gasteiger partial charge in [-0.25, -0.2) is 9.97 Å². The predicted molar refractivity (Wildman–Crippen MR) is 115 cm³/mol. The zero-order valence-corrected chi connectivity index (χ0v) is 17.1. The molecule has 0 saturated carbocycles. The summed E-state index contributed by atoms with van der Waals surface area (Å²) in [6, 6.07) is 12.4. The van der Waals surface area contributed by atoms with Crippen LogP contribution in [0.1, 0.15) is 10.4 Å². The molecule has 152 valence electrons. The molecular formula is C17H12IN7O5. The molecule has 1 aromatic heterocycles. The number of amides is 1. The van der Waals surface area contributed by atoms with Gasteiger partial charge in [-0.05, 0) is 52.9 Å². The van der Waals surface area contributed by atoms with Crippen LogP contribution < -0.4 is 16.2 Å². The third-order valence-electron chi connectivity index (χ3n) is 3.75. The Hall–Kier alpha value is -3.88. The first-order valence-electron chi connectivity index (χ1n) is 8.18. The molecule has 0 aliphatic rings. The average Bonchev–Trinajstić information content (AvgIpc) is 2.73. The number of nitro groups is 2. The largest absolute Gasteiger partial charge is 0.355 e. The fourth-order valence-corrected chi connectivity index (χ4v) is 2.77. The van der Waals surface area contributed by atoms with Gasteiger partial charge in [0.2, 0.25) is 11.6 Å². The standard InChI is InChI=1S/C17H12IN7O5/c18-10-5-7-11(8-6-10)21-15-14(25(29)30)16(20-9-19-15)22-23-17(26)12-3-1-2-4-13(12)24(27)28/h1-9H,(H,23,26)(H2,19,20,21,22). The van der Waals surface area contributed by atoms with Gasteiger partial charge in [-0.15, -0.1) is 0 Å². The van der Waals surface area contributed by atoms with Gasteiger partial charge in [0.25, 0.3) is 11.6 Å². The third-order valence-corrected chi connectivity index (χ3v) is 4.47. The number of aromatic nitrogens is 2. The van der Waals surface area contributed by atoms with E-state index in [9.17, 15) is 25.0 Å². The molecule has 0 radical (unpaired) electrons. The molecule has 3 rings (SSSR count). The van der Waals surface area contributed by atoms with Gasteiger partial charge in [0.15, 0.2) is 0 Å². The molecular weight excluding hydrogens is 509 g/mol. The Kier molecular flexibility index (Phi) is 6.31. The van der Waals surface area contributed by atoms with E-state index < -0.39 is 27.1 Å². The van der Waals surface area contributed by atoms with Crippen molar-refractivity contribution in [2.75, 3.05) is 10.7 Å². The minimum Gasteiger partial charge on any atom is -0.334 e. The van der Waals surface area contributed by atoms with Gasteiger partial charge in [0.05, 0.1) is 9.85 Å². The lowest BCUT2D eigenvalue weighted by Crippen LogP contribution is -2.30. The number of hydrazine groups is 1. The maximum Gasteiger partial charge on any atom is 0.355 e. The Labute approximate surface area is 182 Å². The summed E-state index contributed by atoms with van der Waals surface area (Å²) >= 11 is 2.12. The summed E-state index contributed by atoms with van der Waals surface area (Å²) in [6.07, 6.45) is 1.07. The third kappa shape index (κ3) is 4.75. The van der Waals surface area contributed by atoms with E-state index in [2.05, 4.69) is 48.7 Å². The van der Waals surface area contributed by atoms with Crippen LogP contribution >= 0.6 is 22.6 Å². The second-order valence-corrected chi connectivity index (χ2v) is 6.91. The first kappa shape index (κ1) is 20.8. The second kappa shape index (κ2) is 9.08. The topological polar surface area (TPSA) is 165 Å². The number of halogens is 1. The van der Waals surface area contributed by atoms with Gasteiger partial charge in [0.1, 0.15) is 11.9 Å². The van der Waals surface area contributed by atoms with Crippen molar-refractivity contribution in [2.24, 2.45) is 0 Å². The van der Waals surface area contributed by atoms with Crippen molar-refractivity contribution >= 4 is 57.2 Å². The highest BCUT2D eigenvalue weighted by Crippen LogP contribution is 2.31. The van der Waals surface area contributed by atoms with Crippen molar-refractivity contribution in [1.82, 2.24) is 15.4 Å². The van der Waals surface area contributed by atoms with Crippen molar-refractivity contribution in [1.29, 1.82) is 0 Å². The van der Waals surface area contributed by atoms with Crippen LogP contribution in [0.3, 0.4) is 0 Å². The average molecular weight is 521 g/mol. The zero-order chi connectivity index (χ0) is 21.7. The van der Waals surface area contributed by atoms with E-state index in [0.717, 1.165) is 9.90 Å². The van der Waals surface area contributed by atoms with Crippen LogP contribution in [-0.2, 0) is 0 Å². The Balaban J connectivity index is 1.84. The number of carbonyl (C=O) groups is 1. The second-order valence-electron chi connectivity index (χ2n) is 5.66. The molecule has 12 nitrogen and oxygen atoms in total. The molecule has 1 amide bonds. The molecule has 0 atom stereocenters. The molecule has 0 bridgehead atoms. The van der Waals surface area contributed by atoms with Gasteiger partial charge in [-0.1, -0.05) is 12.1 Å². The van der Waals surface area contributed by atoms with Crippen molar-refractivity contribution in [3.8, 4) is 0 Å². The lowest BCUT2D eigenvalue weighted by atomic mass is 10.2. The first-order chi connectivity index (χ1) is 14.4. The van der Waals surface area contributed by atoms with Crippen molar-refractivity contribution in [2.45, 2.75) is 0 Å². The fourth-order valence-electron chi connectivity index (χ4n) is 2.41. The highest BCUT2D eigenvalue weighted by atomic mass is 127. The van der Waals surface area contributed by atoms with E-state index in [1.54, 1.807) is 12.1 Å². The number of hydrogen-bond acceptors (Lipinski definition) is 9. The number of hydrogen-bond donors (Lipinski definition) is 3. The van der Waals surface area contributed by atoms with Gasteiger partial charge >= 0.3 is 5.69 Å². The van der Waals surface area contributed by atoms with Gasteiger partial charge < -0.3 is 5.32 Å². The Bertz CT molecular complexity index is 1120. The summed E-state index contributed by atoms with van der Waals surface area (Å²) in [5.41, 5.74) is 3.95. The molecule has 3 aromatic rings.